The molecule has 2 aliphatic heterocycles. The van der Waals surface area contributed by atoms with E-state index in [2.05, 4.69) is 40.9 Å². The third-order valence-corrected chi connectivity index (χ3v) is 9.55. The average Bonchev–Trinajstić information content (AvgIpc) is 3.70. The molecule has 2 aromatic heterocycles. The van der Waals surface area contributed by atoms with Crippen molar-refractivity contribution in [2.45, 2.75) is 33.5 Å². The Balaban J connectivity index is 0.900. The van der Waals surface area contributed by atoms with Gasteiger partial charge < -0.3 is 14.0 Å². The molecule has 0 saturated carbocycles. The van der Waals surface area contributed by atoms with Crippen LogP contribution in [0.5, 0.6) is 5.88 Å². The summed E-state index contributed by atoms with van der Waals surface area (Å²) in [6.45, 7) is 3.98. The standard InChI is InChI=1S/C44H34N6O5/c1-5-30-15-17-37-34(19-30)42(32-13-9-7-11-28(32)3)45-21-39-36(47-25-49(37)39)23-53-54-27-52-24-41(51)55-44-40-22-46-43(33-14-10-8-12-29(33)4)35-20-31(6-2)16-18-38(35)50(40)26-48-44/h1-2,7-20,25-26H,21-24,27H2,3-4H3. The lowest BCUT2D eigenvalue weighted by molar-refractivity contribution is -0.343. The number of hydrogen-bond acceptors (Lipinski definition) is 9. The molecule has 55 heavy (non-hydrogen) atoms. The fourth-order valence-electron chi connectivity index (χ4n) is 6.80. The van der Waals surface area contributed by atoms with Crippen molar-refractivity contribution in [1.82, 2.24) is 19.1 Å². The second-order valence-corrected chi connectivity index (χ2v) is 12.9. The summed E-state index contributed by atoms with van der Waals surface area (Å²) < 4.78 is 14.9. The van der Waals surface area contributed by atoms with E-state index in [1.54, 1.807) is 12.7 Å². The Labute approximate surface area is 317 Å². The van der Waals surface area contributed by atoms with Gasteiger partial charge in [0.25, 0.3) is 0 Å². The van der Waals surface area contributed by atoms with E-state index in [9.17, 15) is 4.79 Å². The Hall–Kier alpha value is -6.89. The summed E-state index contributed by atoms with van der Waals surface area (Å²) in [5.74, 6) is 4.92. The summed E-state index contributed by atoms with van der Waals surface area (Å²) in [6.07, 6.45) is 14.9. The van der Waals surface area contributed by atoms with Crippen molar-refractivity contribution >= 4 is 17.4 Å². The maximum absolute atomic E-state index is 12.9. The second-order valence-electron chi connectivity index (χ2n) is 12.9. The Kier molecular flexibility index (Phi) is 9.73. The molecule has 11 nitrogen and oxygen atoms in total. The highest BCUT2D eigenvalue weighted by molar-refractivity contribution is 6.17. The number of benzene rings is 4. The Morgan fingerprint density at radius 1 is 0.709 bits per heavy atom. The zero-order valence-electron chi connectivity index (χ0n) is 30.2. The normalized spacial score (nSPS) is 12.7. The van der Waals surface area contributed by atoms with Crippen LogP contribution in [0.25, 0.3) is 11.4 Å². The molecule has 0 aliphatic carbocycles. The van der Waals surface area contributed by atoms with Gasteiger partial charge in [0.15, 0.2) is 6.79 Å². The van der Waals surface area contributed by atoms with Crippen LogP contribution >= 0.6 is 0 Å². The topological polar surface area (TPSA) is 114 Å². The second kappa shape index (κ2) is 15.2. The molecule has 11 heteroatoms. The van der Waals surface area contributed by atoms with Gasteiger partial charge in [-0.15, -0.1) is 12.8 Å². The van der Waals surface area contributed by atoms with Gasteiger partial charge in [0, 0.05) is 33.4 Å². The van der Waals surface area contributed by atoms with E-state index in [1.807, 2.05) is 88.9 Å². The largest absolute Gasteiger partial charge is 0.404 e. The summed E-state index contributed by atoms with van der Waals surface area (Å²) >= 11 is 0. The summed E-state index contributed by atoms with van der Waals surface area (Å²) in [7, 11) is 0. The van der Waals surface area contributed by atoms with Crippen LogP contribution in [-0.4, -0.2) is 49.9 Å². The molecule has 0 atom stereocenters. The molecular formula is C44H34N6O5. The lowest BCUT2D eigenvalue weighted by Gasteiger charge is -2.14. The molecule has 270 valence electrons. The minimum Gasteiger partial charge on any atom is -0.404 e. The van der Waals surface area contributed by atoms with E-state index < -0.39 is 12.6 Å². The highest BCUT2D eigenvalue weighted by Gasteiger charge is 2.26. The van der Waals surface area contributed by atoms with Crippen molar-refractivity contribution in [3.05, 3.63) is 159 Å². The number of aromatic nitrogens is 4. The van der Waals surface area contributed by atoms with Crippen LogP contribution in [0.2, 0.25) is 0 Å². The lowest BCUT2D eigenvalue weighted by atomic mass is 9.95. The maximum atomic E-state index is 12.9. The van der Waals surface area contributed by atoms with Crippen LogP contribution in [0, 0.1) is 38.5 Å². The van der Waals surface area contributed by atoms with Gasteiger partial charge in [0.1, 0.15) is 25.2 Å². The van der Waals surface area contributed by atoms with E-state index in [-0.39, 0.29) is 25.8 Å². The van der Waals surface area contributed by atoms with Crippen molar-refractivity contribution < 1.29 is 24.0 Å². The minimum atomic E-state index is -0.659. The molecule has 4 aromatic carbocycles. The van der Waals surface area contributed by atoms with Gasteiger partial charge >= 0.3 is 5.97 Å². The van der Waals surface area contributed by atoms with Crippen molar-refractivity contribution in [3.8, 4) is 41.9 Å². The molecule has 0 amide bonds. The van der Waals surface area contributed by atoms with E-state index in [0.29, 0.717) is 17.9 Å². The van der Waals surface area contributed by atoms with E-state index in [4.69, 9.17) is 42.1 Å². The van der Waals surface area contributed by atoms with Gasteiger partial charge in [0.2, 0.25) is 5.88 Å². The molecule has 0 saturated heterocycles. The van der Waals surface area contributed by atoms with E-state index in [1.165, 1.54) is 0 Å². The number of nitrogens with zero attached hydrogens (tertiary/aromatic N) is 6. The predicted octanol–water partition coefficient (Wildman–Crippen LogP) is 6.37. The number of rotatable bonds is 10. The smallest absolute Gasteiger partial charge is 0.338 e. The molecule has 0 bridgehead atoms. The SMILES string of the molecule is C#Cc1ccc2c(c1)C(c1ccccc1C)=NCc1c(COOCOCC(=O)Oc3ncn4c3CN=C(c3ccccc3C)c3cc(C#C)ccc3-4)ncn1-2. The predicted molar refractivity (Wildman–Crippen MR) is 206 cm³/mol. The van der Waals surface area contributed by atoms with Crippen molar-refractivity contribution in [3.63, 3.8) is 0 Å². The van der Waals surface area contributed by atoms with Gasteiger partial charge in [-0.25, -0.2) is 24.5 Å². The van der Waals surface area contributed by atoms with Crippen LogP contribution in [0.3, 0.4) is 0 Å². The molecule has 0 unspecified atom stereocenters. The Morgan fingerprint density at radius 3 is 1.87 bits per heavy atom. The zero-order valence-corrected chi connectivity index (χ0v) is 30.2. The fourth-order valence-corrected chi connectivity index (χ4v) is 6.80. The number of carbonyl (C=O) groups excluding carboxylic acids is 1. The average molecular weight is 727 g/mol. The molecule has 2 aliphatic rings. The first-order chi connectivity index (χ1) is 26.9. The molecule has 6 aromatic rings. The van der Waals surface area contributed by atoms with E-state index >= 15 is 0 Å². The van der Waals surface area contributed by atoms with Crippen molar-refractivity contribution in [1.29, 1.82) is 0 Å². The highest BCUT2D eigenvalue weighted by atomic mass is 17.2. The number of terminal acetylenes is 2. The first-order valence-electron chi connectivity index (χ1n) is 17.5. The van der Waals surface area contributed by atoms with Crippen molar-refractivity contribution in [2.75, 3.05) is 13.4 Å². The third-order valence-electron chi connectivity index (χ3n) is 9.55. The molecule has 0 fully saturated rings. The zero-order chi connectivity index (χ0) is 37.9. The number of imidazole rings is 2. The summed E-state index contributed by atoms with van der Waals surface area (Å²) in [4.78, 5) is 42.5. The molecule has 0 spiro atoms. The van der Waals surface area contributed by atoms with Gasteiger partial charge in [-0.1, -0.05) is 60.4 Å². The summed E-state index contributed by atoms with van der Waals surface area (Å²) in [5, 5.41) is 0. The van der Waals surface area contributed by atoms with Gasteiger partial charge in [0.05, 0.1) is 53.6 Å². The van der Waals surface area contributed by atoms with E-state index in [0.717, 1.165) is 73.0 Å². The number of fused-ring (bicyclic) bond motifs is 6. The summed E-state index contributed by atoms with van der Waals surface area (Å²) in [5.41, 5.74) is 12.9. The minimum absolute atomic E-state index is 0.0270. The highest BCUT2D eigenvalue weighted by Crippen LogP contribution is 2.32. The van der Waals surface area contributed by atoms with Crippen LogP contribution in [0.15, 0.2) is 108 Å². The number of carbonyl (C=O) groups is 1. The number of aryl methyl sites for hydroxylation is 2. The Bertz CT molecular complexity index is 2620. The van der Waals surface area contributed by atoms with Crippen LogP contribution in [0.1, 0.15) is 61.6 Å². The molecule has 4 heterocycles. The molecule has 8 rings (SSSR count). The molecule has 0 N–H and O–H groups in total. The van der Waals surface area contributed by atoms with Crippen LogP contribution in [-0.2, 0) is 39.0 Å². The Morgan fingerprint density at radius 2 is 1.27 bits per heavy atom. The fraction of sp³-hybridized carbons (Fsp3) is 0.159. The third kappa shape index (κ3) is 6.87. The van der Waals surface area contributed by atoms with Crippen molar-refractivity contribution in [2.24, 2.45) is 9.98 Å². The molecule has 0 radical (unpaired) electrons. The van der Waals surface area contributed by atoms with Crippen LogP contribution in [0.4, 0.5) is 0 Å². The van der Waals surface area contributed by atoms with Gasteiger partial charge in [-0.3, -0.25) is 14.6 Å². The van der Waals surface area contributed by atoms with Gasteiger partial charge in [-0.05, 0) is 61.4 Å². The first-order valence-corrected chi connectivity index (χ1v) is 17.5. The quantitative estimate of drug-likeness (QED) is 0.0403. The molecular weight excluding hydrogens is 693 g/mol. The number of hydrogen-bond donors (Lipinski definition) is 0. The lowest BCUT2D eigenvalue weighted by Crippen LogP contribution is -2.18. The first kappa shape index (κ1) is 35.2. The van der Waals surface area contributed by atoms with Crippen LogP contribution < -0.4 is 4.74 Å². The number of ether oxygens (including phenoxy) is 2. The summed E-state index contributed by atoms with van der Waals surface area (Å²) in [6, 6.07) is 27.7. The maximum Gasteiger partial charge on any atom is 0.338 e. The monoisotopic (exact) mass is 726 g/mol. The van der Waals surface area contributed by atoms with Gasteiger partial charge in [-0.2, -0.15) is 0 Å². The number of aliphatic imine (C=N–C) groups is 2. The number of esters is 1.